The second kappa shape index (κ2) is 5.51. The lowest BCUT2D eigenvalue weighted by atomic mass is 9.80. The van der Waals surface area contributed by atoms with Crippen LogP contribution in [0.2, 0.25) is 0 Å². The molecule has 1 fully saturated rings. The molecule has 4 nitrogen and oxygen atoms in total. The van der Waals surface area contributed by atoms with Crippen molar-refractivity contribution in [1.82, 2.24) is 4.57 Å². The first kappa shape index (κ1) is 16.0. The Morgan fingerprint density at radius 3 is 1.95 bits per heavy atom. The third-order valence-corrected chi connectivity index (χ3v) is 3.63. The molecule has 0 unspecified atom stereocenters. The maximum absolute atomic E-state index is 11.3. The largest absolute Gasteiger partial charge is 0.496 e. The molecule has 1 aliphatic heterocycles. The highest BCUT2D eigenvalue weighted by molar-refractivity contribution is 6.62. The molecule has 1 aromatic heterocycles. The lowest BCUT2D eigenvalue weighted by Crippen LogP contribution is -2.41. The quantitative estimate of drug-likeness (QED) is 0.726. The Labute approximate surface area is 115 Å². The molecule has 0 radical (unpaired) electrons. The average molecular weight is 265 g/mol. The standard InChI is InChI=1S/C12H18BNO3.C2H6/c1-11(2)12(3,4)17-13(16-11)9-6-7-10(15)14(5)8-9;1-2/h6-8H,1-5H3;1-2H3. The van der Waals surface area contributed by atoms with Gasteiger partial charge < -0.3 is 13.9 Å². The number of hydrogen-bond acceptors (Lipinski definition) is 3. The number of rotatable bonds is 1. The number of pyridine rings is 1. The average Bonchev–Trinajstić information content (AvgIpc) is 2.55. The Hall–Kier alpha value is -1.07. The van der Waals surface area contributed by atoms with Crippen molar-refractivity contribution in [3.05, 3.63) is 28.7 Å². The fourth-order valence-corrected chi connectivity index (χ4v) is 1.73. The Balaban J connectivity index is 0.000000861. The van der Waals surface area contributed by atoms with Crippen LogP contribution in [0, 0.1) is 0 Å². The molecule has 0 spiro atoms. The Kier molecular flexibility index (Phi) is 4.64. The van der Waals surface area contributed by atoms with Crippen molar-refractivity contribution in [3.8, 4) is 0 Å². The van der Waals surface area contributed by atoms with Gasteiger partial charge in [-0.1, -0.05) is 19.9 Å². The molecular formula is C14H24BNO3. The summed E-state index contributed by atoms with van der Waals surface area (Å²) >= 11 is 0. The summed E-state index contributed by atoms with van der Waals surface area (Å²) in [5.41, 5.74) is 0.120. The van der Waals surface area contributed by atoms with Crippen molar-refractivity contribution in [2.75, 3.05) is 0 Å². The fraction of sp³-hybridized carbons (Fsp3) is 0.643. The number of hydrogen-bond donors (Lipinski definition) is 0. The highest BCUT2D eigenvalue weighted by Crippen LogP contribution is 2.36. The molecule has 19 heavy (non-hydrogen) atoms. The van der Waals surface area contributed by atoms with Crippen molar-refractivity contribution in [2.45, 2.75) is 52.7 Å². The lowest BCUT2D eigenvalue weighted by Gasteiger charge is -2.32. The van der Waals surface area contributed by atoms with Crippen molar-refractivity contribution < 1.29 is 9.31 Å². The molecule has 0 bridgehead atoms. The molecule has 0 aromatic carbocycles. The summed E-state index contributed by atoms with van der Waals surface area (Å²) in [6.45, 7) is 12.0. The second-order valence-corrected chi connectivity index (χ2v) is 5.50. The molecule has 1 aromatic rings. The smallest absolute Gasteiger partial charge is 0.399 e. The van der Waals surface area contributed by atoms with Gasteiger partial charge in [-0.3, -0.25) is 4.79 Å². The predicted octanol–water partition coefficient (Wildman–Crippen LogP) is 1.71. The first-order valence-electron chi connectivity index (χ1n) is 6.75. The van der Waals surface area contributed by atoms with Crippen molar-refractivity contribution in [1.29, 1.82) is 0 Å². The molecule has 0 amide bonds. The van der Waals surface area contributed by atoms with Gasteiger partial charge in [-0.2, -0.15) is 0 Å². The van der Waals surface area contributed by atoms with E-state index in [1.165, 1.54) is 10.6 Å². The van der Waals surface area contributed by atoms with Crippen LogP contribution in [0.3, 0.4) is 0 Å². The van der Waals surface area contributed by atoms with Gasteiger partial charge in [-0.25, -0.2) is 0 Å². The van der Waals surface area contributed by atoms with Gasteiger partial charge in [0.05, 0.1) is 11.2 Å². The number of aryl methyl sites for hydroxylation is 1. The molecule has 1 saturated heterocycles. The third-order valence-electron chi connectivity index (χ3n) is 3.63. The molecule has 0 atom stereocenters. The zero-order chi connectivity index (χ0) is 14.8. The molecule has 0 N–H and O–H groups in total. The van der Waals surface area contributed by atoms with E-state index in [-0.39, 0.29) is 16.8 Å². The minimum atomic E-state index is -0.410. The zero-order valence-electron chi connectivity index (χ0n) is 13.0. The highest BCUT2D eigenvalue weighted by Gasteiger charge is 2.51. The zero-order valence-corrected chi connectivity index (χ0v) is 13.0. The summed E-state index contributed by atoms with van der Waals surface area (Å²) in [6.07, 6.45) is 1.75. The first-order valence-corrected chi connectivity index (χ1v) is 6.75. The van der Waals surface area contributed by atoms with Crippen molar-refractivity contribution in [2.24, 2.45) is 7.05 Å². The molecule has 5 heteroatoms. The van der Waals surface area contributed by atoms with Gasteiger partial charge in [-0.15, -0.1) is 0 Å². The van der Waals surface area contributed by atoms with E-state index >= 15 is 0 Å². The van der Waals surface area contributed by atoms with Crippen LogP contribution in [0.1, 0.15) is 41.5 Å². The van der Waals surface area contributed by atoms with Crippen LogP contribution in [-0.4, -0.2) is 22.9 Å². The maximum Gasteiger partial charge on any atom is 0.496 e. The van der Waals surface area contributed by atoms with Gasteiger partial charge in [0.2, 0.25) is 5.56 Å². The number of nitrogens with zero attached hydrogens (tertiary/aromatic N) is 1. The first-order chi connectivity index (χ1) is 8.73. The highest BCUT2D eigenvalue weighted by atomic mass is 16.7. The summed E-state index contributed by atoms with van der Waals surface area (Å²) in [6, 6.07) is 3.28. The molecule has 2 heterocycles. The predicted molar refractivity (Wildman–Crippen MR) is 78.7 cm³/mol. The van der Waals surface area contributed by atoms with Crippen molar-refractivity contribution in [3.63, 3.8) is 0 Å². The lowest BCUT2D eigenvalue weighted by molar-refractivity contribution is 0.00578. The van der Waals surface area contributed by atoms with Gasteiger partial charge in [0.15, 0.2) is 0 Å². The summed E-state index contributed by atoms with van der Waals surface area (Å²) < 4.78 is 13.3. The summed E-state index contributed by atoms with van der Waals surface area (Å²) in [5, 5.41) is 0. The van der Waals surface area contributed by atoms with Gasteiger partial charge in [0.1, 0.15) is 0 Å². The second-order valence-electron chi connectivity index (χ2n) is 5.50. The van der Waals surface area contributed by atoms with Gasteiger partial charge >= 0.3 is 7.12 Å². The minimum absolute atomic E-state index is 0.0368. The van der Waals surface area contributed by atoms with Crippen LogP contribution < -0.4 is 11.0 Å². The molecule has 2 rings (SSSR count). The van der Waals surface area contributed by atoms with Crippen molar-refractivity contribution >= 4 is 12.6 Å². The molecule has 0 aliphatic carbocycles. The van der Waals surface area contributed by atoms with Crippen LogP contribution >= 0.6 is 0 Å². The van der Waals surface area contributed by atoms with E-state index < -0.39 is 7.12 Å². The van der Waals surface area contributed by atoms with E-state index in [0.717, 1.165) is 5.46 Å². The molecular weight excluding hydrogens is 241 g/mol. The van der Waals surface area contributed by atoms with Crippen LogP contribution in [0.5, 0.6) is 0 Å². The van der Waals surface area contributed by atoms with Crippen LogP contribution in [-0.2, 0) is 16.4 Å². The van der Waals surface area contributed by atoms with Crippen LogP contribution in [0.4, 0.5) is 0 Å². The normalized spacial score (nSPS) is 19.8. The Bertz CT molecular complexity index is 478. The van der Waals surface area contributed by atoms with E-state index in [1.807, 2.05) is 41.5 Å². The van der Waals surface area contributed by atoms with E-state index in [4.69, 9.17) is 9.31 Å². The topological polar surface area (TPSA) is 40.5 Å². The number of aromatic nitrogens is 1. The van der Waals surface area contributed by atoms with E-state index in [1.54, 1.807) is 19.3 Å². The third kappa shape index (κ3) is 3.10. The SMILES string of the molecule is CC.Cn1cc(B2OC(C)(C)C(C)(C)O2)ccc1=O. The summed E-state index contributed by atoms with van der Waals surface area (Å²) in [5.74, 6) is 0. The molecule has 1 aliphatic rings. The monoisotopic (exact) mass is 265 g/mol. The van der Waals surface area contributed by atoms with Crippen LogP contribution in [0.15, 0.2) is 23.1 Å². The van der Waals surface area contributed by atoms with E-state index in [2.05, 4.69) is 0 Å². The van der Waals surface area contributed by atoms with Gasteiger partial charge in [0.25, 0.3) is 0 Å². The minimum Gasteiger partial charge on any atom is -0.399 e. The van der Waals surface area contributed by atoms with Crippen LogP contribution in [0.25, 0.3) is 0 Å². The Morgan fingerprint density at radius 1 is 1.05 bits per heavy atom. The molecule has 0 saturated carbocycles. The van der Waals surface area contributed by atoms with Gasteiger partial charge in [0, 0.05) is 19.3 Å². The van der Waals surface area contributed by atoms with E-state index in [9.17, 15) is 4.79 Å². The summed E-state index contributed by atoms with van der Waals surface area (Å²) in [7, 11) is 1.31. The summed E-state index contributed by atoms with van der Waals surface area (Å²) in [4.78, 5) is 11.3. The Morgan fingerprint density at radius 2 is 1.53 bits per heavy atom. The molecule has 106 valence electrons. The van der Waals surface area contributed by atoms with Gasteiger partial charge in [-0.05, 0) is 33.2 Å². The van der Waals surface area contributed by atoms with E-state index in [0.29, 0.717) is 0 Å². The maximum atomic E-state index is 11.3. The fourth-order valence-electron chi connectivity index (χ4n) is 1.73.